The van der Waals surface area contributed by atoms with Crippen molar-refractivity contribution in [3.63, 3.8) is 0 Å². The summed E-state index contributed by atoms with van der Waals surface area (Å²) in [5.41, 5.74) is 2.17. The van der Waals surface area contributed by atoms with Gasteiger partial charge in [-0.05, 0) is 42.9 Å². The fourth-order valence-electron chi connectivity index (χ4n) is 4.58. The van der Waals surface area contributed by atoms with Crippen LogP contribution in [0.5, 0.6) is 0 Å². The number of rotatable bonds is 7. The fraction of sp³-hybridized carbons (Fsp3) is 0.423. The Labute approximate surface area is 197 Å². The van der Waals surface area contributed by atoms with E-state index in [4.69, 9.17) is 0 Å². The van der Waals surface area contributed by atoms with Gasteiger partial charge < -0.3 is 5.32 Å². The normalized spacial score (nSPS) is 19.6. The molecule has 2 aromatic rings. The van der Waals surface area contributed by atoms with Crippen molar-refractivity contribution in [3.8, 4) is 0 Å². The zero-order valence-electron chi connectivity index (χ0n) is 19.0. The highest BCUT2D eigenvalue weighted by atomic mass is 32.2. The van der Waals surface area contributed by atoms with Crippen molar-refractivity contribution < 1.29 is 13.2 Å². The molecule has 0 saturated carbocycles. The number of amides is 1. The first kappa shape index (κ1) is 23.7. The van der Waals surface area contributed by atoms with Crippen LogP contribution in [-0.2, 0) is 21.4 Å². The number of hydrogen-bond donors (Lipinski definition) is 1. The number of carbonyl (C=O) groups excluding carboxylic acids is 1. The SMILES string of the molecule is O=C(NC1CCN(Cc2ccccc2)CC1)C1CCN(S(=O)(=O)C=Cc2ccccc2)CC1. The number of likely N-dealkylation sites (tertiary alicyclic amines) is 1. The quantitative estimate of drug-likeness (QED) is 0.677. The number of benzene rings is 2. The average Bonchev–Trinajstić information content (AvgIpc) is 2.85. The molecule has 2 aliphatic heterocycles. The summed E-state index contributed by atoms with van der Waals surface area (Å²) in [4.78, 5) is 15.2. The Hall–Kier alpha value is -2.48. The molecule has 4 rings (SSSR count). The lowest BCUT2D eigenvalue weighted by molar-refractivity contribution is -0.127. The molecule has 0 spiro atoms. The van der Waals surface area contributed by atoms with Gasteiger partial charge in [-0.15, -0.1) is 0 Å². The van der Waals surface area contributed by atoms with Crippen molar-refractivity contribution in [2.45, 2.75) is 38.3 Å². The van der Waals surface area contributed by atoms with Crippen molar-refractivity contribution in [2.24, 2.45) is 5.92 Å². The number of hydrogen-bond acceptors (Lipinski definition) is 4. The number of nitrogens with one attached hydrogen (secondary N) is 1. The van der Waals surface area contributed by atoms with Gasteiger partial charge in [0.1, 0.15) is 0 Å². The number of nitrogens with zero attached hydrogens (tertiary/aromatic N) is 2. The van der Waals surface area contributed by atoms with Crippen LogP contribution in [0, 0.1) is 5.92 Å². The molecule has 176 valence electrons. The Morgan fingerprint density at radius 2 is 1.48 bits per heavy atom. The molecular weight excluding hydrogens is 434 g/mol. The van der Waals surface area contributed by atoms with Gasteiger partial charge in [-0.2, -0.15) is 4.31 Å². The molecule has 2 saturated heterocycles. The zero-order chi connectivity index (χ0) is 23.1. The Kier molecular flexibility index (Phi) is 7.96. The molecule has 0 aliphatic carbocycles. The number of piperidine rings is 2. The smallest absolute Gasteiger partial charge is 0.236 e. The molecule has 7 heteroatoms. The summed E-state index contributed by atoms with van der Waals surface area (Å²) in [7, 11) is -3.47. The average molecular weight is 468 g/mol. The summed E-state index contributed by atoms with van der Waals surface area (Å²) in [5, 5.41) is 4.50. The Morgan fingerprint density at radius 1 is 0.879 bits per heavy atom. The monoisotopic (exact) mass is 467 g/mol. The van der Waals surface area contributed by atoms with Crippen LogP contribution < -0.4 is 5.32 Å². The summed E-state index contributed by atoms with van der Waals surface area (Å²) in [6, 6.07) is 20.1. The maximum absolute atomic E-state index is 12.8. The van der Waals surface area contributed by atoms with Crippen LogP contribution in [0.15, 0.2) is 66.1 Å². The van der Waals surface area contributed by atoms with Crippen LogP contribution in [0.4, 0.5) is 0 Å². The fourth-order valence-corrected chi connectivity index (χ4v) is 5.80. The molecule has 0 radical (unpaired) electrons. The summed E-state index contributed by atoms with van der Waals surface area (Å²) in [6.45, 7) is 3.67. The van der Waals surface area contributed by atoms with E-state index >= 15 is 0 Å². The molecule has 1 N–H and O–H groups in total. The third kappa shape index (κ3) is 6.76. The third-order valence-electron chi connectivity index (χ3n) is 6.60. The molecule has 0 aromatic heterocycles. The maximum Gasteiger partial charge on any atom is 0.236 e. The van der Waals surface area contributed by atoms with Crippen LogP contribution in [-0.4, -0.2) is 55.8 Å². The first-order chi connectivity index (χ1) is 16.0. The molecule has 0 atom stereocenters. The van der Waals surface area contributed by atoms with E-state index < -0.39 is 10.0 Å². The highest BCUT2D eigenvalue weighted by molar-refractivity contribution is 7.92. The molecule has 0 bridgehead atoms. The molecule has 33 heavy (non-hydrogen) atoms. The van der Waals surface area contributed by atoms with Crippen LogP contribution in [0.2, 0.25) is 0 Å². The molecule has 2 aliphatic rings. The molecule has 6 nitrogen and oxygen atoms in total. The predicted molar refractivity (Wildman–Crippen MR) is 132 cm³/mol. The van der Waals surface area contributed by atoms with Gasteiger partial charge in [0.25, 0.3) is 0 Å². The van der Waals surface area contributed by atoms with E-state index in [1.807, 2.05) is 36.4 Å². The van der Waals surface area contributed by atoms with Gasteiger partial charge >= 0.3 is 0 Å². The first-order valence-corrected chi connectivity index (χ1v) is 13.3. The minimum absolute atomic E-state index is 0.0772. The topological polar surface area (TPSA) is 69.7 Å². The first-order valence-electron chi connectivity index (χ1n) is 11.8. The van der Waals surface area contributed by atoms with Gasteiger partial charge in [-0.3, -0.25) is 9.69 Å². The van der Waals surface area contributed by atoms with Crippen LogP contribution in [0.3, 0.4) is 0 Å². The van der Waals surface area contributed by atoms with E-state index in [0.29, 0.717) is 25.9 Å². The molecular formula is C26H33N3O3S. The highest BCUT2D eigenvalue weighted by Crippen LogP contribution is 2.22. The number of sulfonamides is 1. The van der Waals surface area contributed by atoms with E-state index in [0.717, 1.165) is 38.0 Å². The second-order valence-electron chi connectivity index (χ2n) is 8.98. The summed E-state index contributed by atoms with van der Waals surface area (Å²) < 4.78 is 26.8. The lowest BCUT2D eigenvalue weighted by atomic mass is 9.95. The van der Waals surface area contributed by atoms with E-state index in [1.165, 1.54) is 15.3 Å². The molecule has 1 amide bonds. The second-order valence-corrected chi connectivity index (χ2v) is 10.8. The van der Waals surface area contributed by atoms with Crippen molar-refractivity contribution in [2.75, 3.05) is 26.2 Å². The van der Waals surface area contributed by atoms with Crippen LogP contribution >= 0.6 is 0 Å². The molecule has 2 aromatic carbocycles. The predicted octanol–water partition coefficient (Wildman–Crippen LogP) is 3.48. The Morgan fingerprint density at radius 3 is 2.12 bits per heavy atom. The minimum atomic E-state index is -3.47. The van der Waals surface area contributed by atoms with Crippen molar-refractivity contribution >= 4 is 22.0 Å². The van der Waals surface area contributed by atoms with E-state index in [-0.39, 0.29) is 17.9 Å². The van der Waals surface area contributed by atoms with Crippen LogP contribution in [0.1, 0.15) is 36.8 Å². The maximum atomic E-state index is 12.8. The van der Waals surface area contributed by atoms with Crippen LogP contribution in [0.25, 0.3) is 6.08 Å². The molecule has 2 heterocycles. The second kappa shape index (κ2) is 11.1. The zero-order valence-corrected chi connectivity index (χ0v) is 19.8. The van der Waals surface area contributed by atoms with E-state index in [1.54, 1.807) is 6.08 Å². The summed E-state index contributed by atoms with van der Waals surface area (Å²) in [5.74, 6) is -0.0368. The van der Waals surface area contributed by atoms with Crippen molar-refractivity contribution in [3.05, 3.63) is 77.2 Å². The lowest BCUT2D eigenvalue weighted by Crippen LogP contribution is -2.48. The lowest BCUT2D eigenvalue weighted by Gasteiger charge is -2.34. The minimum Gasteiger partial charge on any atom is -0.353 e. The van der Waals surface area contributed by atoms with Crippen molar-refractivity contribution in [1.82, 2.24) is 14.5 Å². The van der Waals surface area contributed by atoms with Crippen molar-refractivity contribution in [1.29, 1.82) is 0 Å². The molecule has 2 fully saturated rings. The van der Waals surface area contributed by atoms with Gasteiger partial charge in [-0.25, -0.2) is 8.42 Å². The Bertz CT molecular complexity index is 1020. The van der Waals surface area contributed by atoms with Gasteiger partial charge in [0.15, 0.2) is 0 Å². The van der Waals surface area contributed by atoms with Gasteiger partial charge in [-0.1, -0.05) is 60.7 Å². The standard InChI is InChI=1S/C26H33N3O3S/c30-26(27-25-13-16-28(17-14-25)21-23-9-5-2-6-10-23)24-11-18-29(19-12-24)33(31,32)20-15-22-7-3-1-4-8-22/h1-10,15,20,24-25H,11-14,16-19,21H2,(H,27,30). The summed E-state index contributed by atoms with van der Waals surface area (Å²) in [6.07, 6.45) is 4.67. The highest BCUT2D eigenvalue weighted by Gasteiger charge is 2.31. The van der Waals surface area contributed by atoms with Gasteiger partial charge in [0, 0.05) is 50.1 Å². The Balaban J connectivity index is 1.20. The number of carbonyl (C=O) groups is 1. The summed E-state index contributed by atoms with van der Waals surface area (Å²) >= 11 is 0. The molecule has 0 unspecified atom stereocenters. The van der Waals surface area contributed by atoms with Gasteiger partial charge in [0.05, 0.1) is 0 Å². The van der Waals surface area contributed by atoms with Gasteiger partial charge in [0.2, 0.25) is 15.9 Å². The van der Waals surface area contributed by atoms with E-state index in [9.17, 15) is 13.2 Å². The van der Waals surface area contributed by atoms with E-state index in [2.05, 4.69) is 34.5 Å². The third-order valence-corrected chi connectivity index (χ3v) is 8.16. The largest absolute Gasteiger partial charge is 0.353 e.